The van der Waals surface area contributed by atoms with E-state index in [1.54, 1.807) is 12.1 Å². The first kappa shape index (κ1) is 17.4. The molecule has 0 radical (unpaired) electrons. The van der Waals surface area contributed by atoms with Crippen molar-refractivity contribution in [2.24, 2.45) is 0 Å². The summed E-state index contributed by atoms with van der Waals surface area (Å²) in [6.45, 7) is 0.103. The van der Waals surface area contributed by atoms with E-state index in [1.807, 2.05) is 18.2 Å². The number of hydrogen-bond acceptors (Lipinski definition) is 6. The fraction of sp³-hybridized carbons (Fsp3) is 0.333. The number of aliphatic carboxylic acids is 1. The molecule has 1 aromatic carbocycles. The molecule has 0 atom stereocenters. The summed E-state index contributed by atoms with van der Waals surface area (Å²) in [6.07, 6.45) is -1.31. The molecule has 1 aromatic rings. The zero-order valence-electron chi connectivity index (χ0n) is 11.8. The summed E-state index contributed by atoms with van der Waals surface area (Å²) in [7, 11) is 0. The van der Waals surface area contributed by atoms with Crippen molar-refractivity contribution in [1.29, 1.82) is 0 Å². The smallest absolute Gasteiger partial charge is 0.314 e. The second kappa shape index (κ2) is 9.28. The van der Waals surface area contributed by atoms with Crippen molar-refractivity contribution in [3.8, 4) is 0 Å². The summed E-state index contributed by atoms with van der Waals surface area (Å²) in [5.41, 5.74) is 0.822. The Kier molecular flexibility index (Phi) is 7.32. The van der Waals surface area contributed by atoms with E-state index in [1.165, 1.54) is 0 Å². The van der Waals surface area contributed by atoms with Gasteiger partial charge in [-0.3, -0.25) is 19.2 Å². The van der Waals surface area contributed by atoms with Gasteiger partial charge < -0.3 is 14.6 Å². The normalized spacial score (nSPS) is 9.82. The first-order valence-corrected chi connectivity index (χ1v) is 6.62. The van der Waals surface area contributed by atoms with E-state index in [9.17, 15) is 19.2 Å². The lowest BCUT2D eigenvalue weighted by Crippen LogP contribution is -2.15. The summed E-state index contributed by atoms with van der Waals surface area (Å²) < 4.78 is 9.32. The number of rotatable bonds is 8. The molecule has 0 aromatic heterocycles. The van der Waals surface area contributed by atoms with Crippen molar-refractivity contribution in [2.45, 2.75) is 32.3 Å². The van der Waals surface area contributed by atoms with Gasteiger partial charge in [0.1, 0.15) is 6.61 Å². The molecule has 0 heterocycles. The Labute approximate surface area is 126 Å². The first-order chi connectivity index (χ1) is 10.5. The Balaban J connectivity index is 2.19. The van der Waals surface area contributed by atoms with Gasteiger partial charge in [-0.25, -0.2) is 0 Å². The second-order valence-corrected chi connectivity index (χ2v) is 4.39. The fourth-order valence-electron chi connectivity index (χ4n) is 1.45. The molecule has 7 nitrogen and oxygen atoms in total. The molecule has 0 unspecified atom stereocenters. The Morgan fingerprint density at radius 2 is 1.36 bits per heavy atom. The van der Waals surface area contributed by atoms with Crippen LogP contribution in [-0.2, 0) is 35.3 Å². The standard InChI is InChI=1S/C15H16O7/c16-12(17)6-7-14(19)22-15(20)9-8-13(18)21-10-11-4-2-1-3-5-11/h1-5H,6-10H2,(H,16,17). The molecular weight excluding hydrogens is 292 g/mol. The van der Waals surface area contributed by atoms with Crippen molar-refractivity contribution < 1.29 is 33.8 Å². The van der Waals surface area contributed by atoms with Gasteiger partial charge in [0.05, 0.1) is 25.7 Å². The van der Waals surface area contributed by atoms with E-state index < -0.39 is 30.3 Å². The van der Waals surface area contributed by atoms with Crippen LogP contribution in [0.5, 0.6) is 0 Å². The minimum atomic E-state index is -1.16. The summed E-state index contributed by atoms with van der Waals surface area (Å²) in [5, 5.41) is 8.37. The minimum Gasteiger partial charge on any atom is -0.481 e. The molecule has 0 aliphatic heterocycles. The highest BCUT2D eigenvalue weighted by atomic mass is 16.6. The molecule has 0 aliphatic carbocycles. The van der Waals surface area contributed by atoms with Crippen molar-refractivity contribution in [2.75, 3.05) is 0 Å². The molecule has 0 saturated carbocycles. The molecular formula is C15H16O7. The van der Waals surface area contributed by atoms with Gasteiger partial charge in [-0.2, -0.15) is 0 Å². The van der Waals surface area contributed by atoms with Gasteiger partial charge in [-0.15, -0.1) is 0 Å². The van der Waals surface area contributed by atoms with Crippen LogP contribution in [-0.4, -0.2) is 29.0 Å². The van der Waals surface area contributed by atoms with E-state index in [0.717, 1.165) is 5.56 Å². The number of carboxylic acid groups (broad SMARTS) is 1. The molecule has 1 rings (SSSR count). The Bertz CT molecular complexity index is 536. The van der Waals surface area contributed by atoms with Gasteiger partial charge in [0.2, 0.25) is 0 Å². The quantitative estimate of drug-likeness (QED) is 0.572. The number of carbonyl (C=O) groups is 4. The number of carboxylic acids is 1. The maximum absolute atomic E-state index is 11.4. The SMILES string of the molecule is O=C(O)CCC(=O)OC(=O)CCC(=O)OCc1ccccc1. The number of esters is 3. The lowest BCUT2D eigenvalue weighted by Gasteiger charge is -2.05. The molecule has 22 heavy (non-hydrogen) atoms. The molecule has 0 spiro atoms. The van der Waals surface area contributed by atoms with Crippen molar-refractivity contribution in [3.63, 3.8) is 0 Å². The highest BCUT2D eigenvalue weighted by molar-refractivity contribution is 5.88. The van der Waals surface area contributed by atoms with Crippen LogP contribution in [0.2, 0.25) is 0 Å². The highest BCUT2D eigenvalue weighted by Crippen LogP contribution is 2.04. The van der Waals surface area contributed by atoms with Crippen LogP contribution in [0.1, 0.15) is 31.2 Å². The summed E-state index contributed by atoms with van der Waals surface area (Å²) in [6, 6.07) is 9.04. The van der Waals surface area contributed by atoms with E-state index in [0.29, 0.717) is 0 Å². The zero-order valence-corrected chi connectivity index (χ0v) is 11.8. The fourth-order valence-corrected chi connectivity index (χ4v) is 1.45. The number of carbonyl (C=O) groups excluding carboxylic acids is 3. The average Bonchev–Trinajstić information content (AvgIpc) is 2.50. The molecule has 7 heteroatoms. The van der Waals surface area contributed by atoms with Crippen LogP contribution in [0.25, 0.3) is 0 Å². The highest BCUT2D eigenvalue weighted by Gasteiger charge is 2.14. The largest absolute Gasteiger partial charge is 0.481 e. The molecule has 1 N–H and O–H groups in total. The van der Waals surface area contributed by atoms with Gasteiger partial charge in [-0.05, 0) is 5.56 Å². The third-order valence-corrected chi connectivity index (χ3v) is 2.55. The maximum Gasteiger partial charge on any atom is 0.314 e. The lowest BCUT2D eigenvalue weighted by atomic mass is 10.2. The van der Waals surface area contributed by atoms with Gasteiger partial charge in [0.25, 0.3) is 0 Å². The predicted molar refractivity (Wildman–Crippen MR) is 73.4 cm³/mol. The van der Waals surface area contributed by atoms with Gasteiger partial charge >= 0.3 is 23.9 Å². The van der Waals surface area contributed by atoms with E-state index in [4.69, 9.17) is 9.84 Å². The third kappa shape index (κ3) is 7.78. The van der Waals surface area contributed by atoms with Gasteiger partial charge in [0, 0.05) is 0 Å². The molecule has 0 saturated heterocycles. The monoisotopic (exact) mass is 308 g/mol. The molecule has 0 bridgehead atoms. The second-order valence-electron chi connectivity index (χ2n) is 4.39. The van der Waals surface area contributed by atoms with E-state index in [2.05, 4.69) is 4.74 Å². The predicted octanol–water partition coefficient (Wildman–Crippen LogP) is 1.44. The van der Waals surface area contributed by atoms with Gasteiger partial charge in [-0.1, -0.05) is 30.3 Å². The first-order valence-electron chi connectivity index (χ1n) is 6.62. The van der Waals surface area contributed by atoms with Crippen LogP contribution in [0, 0.1) is 0 Å². The van der Waals surface area contributed by atoms with Gasteiger partial charge in [0.15, 0.2) is 0 Å². The lowest BCUT2D eigenvalue weighted by molar-refractivity contribution is -0.162. The average molecular weight is 308 g/mol. The van der Waals surface area contributed by atoms with Crippen molar-refractivity contribution in [3.05, 3.63) is 35.9 Å². The van der Waals surface area contributed by atoms with E-state index >= 15 is 0 Å². The zero-order chi connectivity index (χ0) is 16.4. The third-order valence-electron chi connectivity index (χ3n) is 2.55. The van der Waals surface area contributed by atoms with E-state index in [-0.39, 0.29) is 25.9 Å². The summed E-state index contributed by atoms with van der Waals surface area (Å²) in [5.74, 6) is -3.55. The number of ether oxygens (including phenoxy) is 2. The van der Waals surface area contributed by atoms with Crippen LogP contribution in [0.3, 0.4) is 0 Å². The maximum atomic E-state index is 11.4. The topological polar surface area (TPSA) is 107 Å². The van der Waals surface area contributed by atoms with Crippen LogP contribution in [0.15, 0.2) is 30.3 Å². The summed E-state index contributed by atoms with van der Waals surface area (Å²) in [4.78, 5) is 44.0. The summed E-state index contributed by atoms with van der Waals surface area (Å²) >= 11 is 0. The Morgan fingerprint density at radius 1 is 0.818 bits per heavy atom. The molecule has 0 aliphatic rings. The van der Waals surface area contributed by atoms with Crippen LogP contribution >= 0.6 is 0 Å². The molecule has 0 amide bonds. The molecule has 118 valence electrons. The van der Waals surface area contributed by atoms with Crippen LogP contribution < -0.4 is 0 Å². The Hall–Kier alpha value is -2.70. The minimum absolute atomic E-state index is 0.103. The Morgan fingerprint density at radius 3 is 1.95 bits per heavy atom. The number of benzene rings is 1. The van der Waals surface area contributed by atoms with Crippen LogP contribution in [0.4, 0.5) is 0 Å². The number of hydrogen-bond donors (Lipinski definition) is 1. The van der Waals surface area contributed by atoms with Crippen molar-refractivity contribution in [1.82, 2.24) is 0 Å². The molecule has 0 fully saturated rings. The van der Waals surface area contributed by atoms with Crippen molar-refractivity contribution >= 4 is 23.9 Å².